The van der Waals surface area contributed by atoms with Crippen LogP contribution < -0.4 is 10.9 Å². The summed E-state index contributed by atoms with van der Waals surface area (Å²) < 4.78 is 6.51. The van der Waals surface area contributed by atoms with E-state index in [1.54, 1.807) is 11.6 Å². The Balaban J connectivity index is 1.69. The van der Waals surface area contributed by atoms with Gasteiger partial charge < -0.3 is 10.1 Å². The minimum atomic E-state index is -0.647. The molecule has 0 atom stereocenters. The number of fused-ring (bicyclic) bond motifs is 1. The Morgan fingerprint density at radius 2 is 2.17 bits per heavy atom. The molecule has 0 unspecified atom stereocenters. The van der Waals surface area contributed by atoms with E-state index in [1.165, 1.54) is 34.1 Å². The summed E-state index contributed by atoms with van der Waals surface area (Å²) >= 11 is 2.44. The smallest absolute Gasteiger partial charge is 0.358 e. The van der Waals surface area contributed by atoms with E-state index < -0.39 is 5.97 Å². The van der Waals surface area contributed by atoms with Crippen molar-refractivity contribution < 1.29 is 14.3 Å². The monoisotopic (exact) mass is 350 g/mol. The number of carbonyl (C=O) groups is 2. The van der Waals surface area contributed by atoms with Crippen LogP contribution in [-0.4, -0.2) is 26.2 Å². The van der Waals surface area contributed by atoms with E-state index in [0.29, 0.717) is 15.8 Å². The first-order valence-corrected chi connectivity index (χ1v) is 8.15. The van der Waals surface area contributed by atoms with Gasteiger partial charge in [0.05, 0.1) is 5.69 Å². The van der Waals surface area contributed by atoms with Crippen LogP contribution in [0.5, 0.6) is 0 Å². The molecule has 0 radical (unpaired) electrons. The molecule has 8 nitrogen and oxygen atoms in total. The quantitative estimate of drug-likeness (QED) is 0.716. The van der Waals surface area contributed by atoms with Gasteiger partial charge in [-0.2, -0.15) is 0 Å². The molecule has 1 N–H and O–H groups in total. The van der Waals surface area contributed by atoms with E-state index in [1.807, 2.05) is 0 Å². The number of ether oxygens (including phenoxy) is 1. The van der Waals surface area contributed by atoms with Crippen molar-refractivity contribution in [3.05, 3.63) is 44.8 Å². The molecule has 0 saturated carbocycles. The first-order chi connectivity index (χ1) is 11.0. The Labute approximate surface area is 137 Å². The molecule has 3 rings (SSSR count). The third-order valence-electron chi connectivity index (χ3n) is 2.70. The summed E-state index contributed by atoms with van der Waals surface area (Å²) in [7, 11) is 0. The second-order valence-electron chi connectivity index (χ2n) is 4.44. The number of hydrogen-bond donors (Lipinski definition) is 1. The summed E-state index contributed by atoms with van der Waals surface area (Å²) in [6.45, 7) is 1.22. The first-order valence-electron chi connectivity index (χ1n) is 6.39. The lowest BCUT2D eigenvalue weighted by molar-refractivity contribution is -0.114. The zero-order valence-corrected chi connectivity index (χ0v) is 13.4. The lowest BCUT2D eigenvalue weighted by Crippen LogP contribution is -2.15. The Kier molecular flexibility index (Phi) is 4.17. The molecule has 0 aliphatic carbocycles. The zero-order valence-electron chi connectivity index (χ0n) is 11.8. The molecule has 3 aromatic heterocycles. The average Bonchev–Trinajstić information content (AvgIpc) is 3.13. The topological polar surface area (TPSA) is 103 Å². The third-order valence-corrected chi connectivity index (χ3v) is 4.22. The highest BCUT2D eigenvalue weighted by molar-refractivity contribution is 7.15. The highest BCUT2D eigenvalue weighted by Gasteiger charge is 2.14. The van der Waals surface area contributed by atoms with Crippen molar-refractivity contribution in [2.24, 2.45) is 0 Å². The van der Waals surface area contributed by atoms with Crippen LogP contribution in [0.25, 0.3) is 4.96 Å². The molecular formula is C13H10N4O4S2. The van der Waals surface area contributed by atoms with Crippen molar-refractivity contribution >= 4 is 44.6 Å². The maximum Gasteiger partial charge on any atom is 0.358 e. The molecule has 3 heterocycles. The Hall–Kier alpha value is -2.59. The van der Waals surface area contributed by atoms with Gasteiger partial charge >= 0.3 is 5.97 Å². The fourth-order valence-corrected chi connectivity index (χ4v) is 3.22. The highest BCUT2D eigenvalue weighted by Crippen LogP contribution is 2.16. The molecule has 10 heteroatoms. The molecule has 23 heavy (non-hydrogen) atoms. The molecule has 0 aliphatic heterocycles. The number of anilines is 1. The van der Waals surface area contributed by atoms with Gasteiger partial charge in [-0.1, -0.05) is 0 Å². The van der Waals surface area contributed by atoms with Crippen LogP contribution in [0.2, 0.25) is 0 Å². The van der Waals surface area contributed by atoms with E-state index in [9.17, 15) is 14.4 Å². The average molecular weight is 350 g/mol. The van der Waals surface area contributed by atoms with Gasteiger partial charge in [-0.15, -0.1) is 22.7 Å². The second-order valence-corrected chi connectivity index (χ2v) is 6.17. The van der Waals surface area contributed by atoms with E-state index in [0.717, 1.165) is 11.3 Å². The molecule has 0 bridgehead atoms. The van der Waals surface area contributed by atoms with Crippen LogP contribution in [0.15, 0.2) is 27.8 Å². The van der Waals surface area contributed by atoms with Crippen molar-refractivity contribution in [1.29, 1.82) is 0 Å². The molecule has 1 amide bonds. The molecule has 0 aliphatic rings. The standard InChI is InChI=1S/C13H10N4O4S2/c1-7(18)14-12-16-9(6-23-12)11(20)21-5-8-4-10(19)17-2-3-22-13(17)15-8/h2-4,6H,5H2,1H3,(H,14,16,18). The van der Waals surface area contributed by atoms with Crippen LogP contribution in [0.4, 0.5) is 5.13 Å². The van der Waals surface area contributed by atoms with Crippen LogP contribution in [0, 0.1) is 0 Å². The molecule has 118 valence electrons. The fourth-order valence-electron chi connectivity index (χ4n) is 1.75. The van der Waals surface area contributed by atoms with Crippen molar-refractivity contribution in [2.75, 3.05) is 5.32 Å². The molecule has 0 fully saturated rings. The minimum absolute atomic E-state index is 0.0904. The van der Waals surface area contributed by atoms with Crippen molar-refractivity contribution in [1.82, 2.24) is 14.4 Å². The van der Waals surface area contributed by atoms with Crippen molar-refractivity contribution in [3.63, 3.8) is 0 Å². The third kappa shape index (κ3) is 3.43. The number of esters is 1. The molecule has 0 aromatic carbocycles. The summed E-state index contributed by atoms with van der Waals surface area (Å²) in [5.74, 6) is -0.917. The van der Waals surface area contributed by atoms with Gasteiger partial charge in [-0.25, -0.2) is 14.8 Å². The van der Waals surface area contributed by atoms with Gasteiger partial charge in [0.15, 0.2) is 15.8 Å². The van der Waals surface area contributed by atoms with Gasteiger partial charge in [-0.3, -0.25) is 14.0 Å². The summed E-state index contributed by atoms with van der Waals surface area (Å²) in [5, 5.41) is 6.04. The number of nitrogens with zero attached hydrogens (tertiary/aromatic N) is 3. The lowest BCUT2D eigenvalue weighted by Gasteiger charge is -2.02. The summed E-state index contributed by atoms with van der Waals surface area (Å²) in [6, 6.07) is 1.32. The predicted molar refractivity (Wildman–Crippen MR) is 84.9 cm³/mol. The van der Waals surface area contributed by atoms with Crippen LogP contribution in [0.1, 0.15) is 23.1 Å². The molecule has 3 aromatic rings. The number of rotatable bonds is 4. The Morgan fingerprint density at radius 1 is 1.35 bits per heavy atom. The largest absolute Gasteiger partial charge is 0.454 e. The van der Waals surface area contributed by atoms with E-state index in [2.05, 4.69) is 15.3 Å². The maximum absolute atomic E-state index is 11.9. The normalized spacial score (nSPS) is 10.7. The number of carbonyl (C=O) groups excluding carboxylic acids is 2. The number of nitrogens with one attached hydrogen (secondary N) is 1. The molecular weight excluding hydrogens is 340 g/mol. The minimum Gasteiger partial charge on any atom is -0.454 e. The van der Waals surface area contributed by atoms with E-state index in [-0.39, 0.29) is 23.8 Å². The van der Waals surface area contributed by atoms with Gasteiger partial charge in [0.1, 0.15) is 6.61 Å². The number of hydrogen-bond acceptors (Lipinski definition) is 8. The van der Waals surface area contributed by atoms with Crippen LogP contribution in [-0.2, 0) is 16.1 Å². The van der Waals surface area contributed by atoms with E-state index in [4.69, 9.17) is 4.74 Å². The van der Waals surface area contributed by atoms with Crippen molar-refractivity contribution in [2.45, 2.75) is 13.5 Å². The molecule has 0 saturated heterocycles. The SMILES string of the molecule is CC(=O)Nc1nc(C(=O)OCc2cc(=O)n3ccsc3n2)cs1. The van der Waals surface area contributed by atoms with Gasteiger partial charge in [0.25, 0.3) is 5.56 Å². The summed E-state index contributed by atoms with van der Waals surface area (Å²) in [4.78, 5) is 43.4. The van der Waals surface area contributed by atoms with E-state index >= 15 is 0 Å². The highest BCUT2D eigenvalue weighted by atomic mass is 32.1. The number of thiazole rings is 2. The van der Waals surface area contributed by atoms with Crippen molar-refractivity contribution in [3.8, 4) is 0 Å². The fraction of sp³-hybridized carbons (Fsp3) is 0.154. The van der Waals surface area contributed by atoms with Gasteiger partial charge in [0, 0.05) is 29.9 Å². The molecule has 0 spiro atoms. The maximum atomic E-state index is 11.9. The summed E-state index contributed by atoms with van der Waals surface area (Å²) in [5.41, 5.74) is 0.222. The lowest BCUT2D eigenvalue weighted by atomic mass is 10.4. The van der Waals surface area contributed by atoms with Crippen LogP contribution in [0.3, 0.4) is 0 Å². The Bertz CT molecular complexity index is 943. The zero-order chi connectivity index (χ0) is 16.4. The summed E-state index contributed by atoms with van der Waals surface area (Å²) in [6.07, 6.45) is 1.63. The number of aromatic nitrogens is 3. The predicted octanol–water partition coefficient (Wildman–Crippen LogP) is 1.53. The van der Waals surface area contributed by atoms with Gasteiger partial charge in [0.2, 0.25) is 5.91 Å². The van der Waals surface area contributed by atoms with Gasteiger partial charge in [-0.05, 0) is 0 Å². The Morgan fingerprint density at radius 3 is 2.96 bits per heavy atom. The number of amides is 1. The van der Waals surface area contributed by atoms with Crippen LogP contribution >= 0.6 is 22.7 Å². The first kappa shape index (κ1) is 15.3. The second kappa shape index (κ2) is 6.26.